The number of aliphatic hydroxyl groups is 1. The zero-order valence-electron chi connectivity index (χ0n) is 12.7. The molecule has 1 aliphatic rings. The van der Waals surface area contributed by atoms with Gasteiger partial charge in [0.1, 0.15) is 18.5 Å². The Morgan fingerprint density at radius 3 is 2.50 bits per heavy atom. The van der Waals surface area contributed by atoms with Crippen LogP contribution in [0.5, 0.6) is 5.75 Å². The zero-order valence-corrected chi connectivity index (χ0v) is 12.7. The number of benzene rings is 1. The third-order valence-electron chi connectivity index (χ3n) is 4.36. The molecule has 1 saturated carbocycles. The van der Waals surface area contributed by atoms with E-state index in [0.717, 1.165) is 18.7 Å². The molecule has 0 aliphatic heterocycles. The SMILES string of the molecule is CCc1ccc(OCC(O)CNCC2(CC)CC2)cc1. The van der Waals surface area contributed by atoms with Gasteiger partial charge in [0, 0.05) is 13.1 Å². The van der Waals surface area contributed by atoms with Crippen LogP contribution in [-0.2, 0) is 6.42 Å². The molecule has 0 amide bonds. The second kappa shape index (κ2) is 7.09. The van der Waals surface area contributed by atoms with E-state index in [2.05, 4.69) is 31.3 Å². The summed E-state index contributed by atoms with van der Waals surface area (Å²) in [4.78, 5) is 0. The van der Waals surface area contributed by atoms with E-state index in [1.807, 2.05) is 12.1 Å². The highest BCUT2D eigenvalue weighted by molar-refractivity contribution is 5.27. The molecule has 1 fully saturated rings. The van der Waals surface area contributed by atoms with Gasteiger partial charge >= 0.3 is 0 Å². The molecule has 0 bridgehead atoms. The van der Waals surface area contributed by atoms with Gasteiger partial charge in [-0.05, 0) is 48.8 Å². The Hall–Kier alpha value is -1.06. The molecular formula is C17H27NO2. The smallest absolute Gasteiger partial charge is 0.119 e. The van der Waals surface area contributed by atoms with Gasteiger partial charge in [-0.1, -0.05) is 26.0 Å². The van der Waals surface area contributed by atoms with Crippen molar-refractivity contribution < 1.29 is 9.84 Å². The lowest BCUT2D eigenvalue weighted by Crippen LogP contribution is -2.34. The third kappa shape index (κ3) is 4.50. The molecule has 20 heavy (non-hydrogen) atoms. The molecule has 1 unspecified atom stereocenters. The van der Waals surface area contributed by atoms with E-state index in [9.17, 15) is 5.11 Å². The molecular weight excluding hydrogens is 250 g/mol. The lowest BCUT2D eigenvalue weighted by molar-refractivity contribution is 0.105. The minimum Gasteiger partial charge on any atom is -0.491 e. The van der Waals surface area contributed by atoms with E-state index >= 15 is 0 Å². The fourth-order valence-electron chi connectivity index (χ4n) is 2.41. The molecule has 3 heteroatoms. The second-order valence-corrected chi connectivity index (χ2v) is 5.95. The number of hydrogen-bond acceptors (Lipinski definition) is 3. The quantitative estimate of drug-likeness (QED) is 0.729. The average Bonchev–Trinajstić information content (AvgIpc) is 3.26. The van der Waals surface area contributed by atoms with Gasteiger partial charge in [-0.2, -0.15) is 0 Å². The van der Waals surface area contributed by atoms with Crippen LogP contribution in [0.1, 0.15) is 38.7 Å². The fourth-order valence-corrected chi connectivity index (χ4v) is 2.41. The van der Waals surface area contributed by atoms with Crippen LogP contribution in [0.2, 0.25) is 0 Å². The molecule has 2 N–H and O–H groups in total. The van der Waals surface area contributed by atoms with Crippen molar-refractivity contribution in [2.75, 3.05) is 19.7 Å². The van der Waals surface area contributed by atoms with E-state index in [4.69, 9.17) is 4.74 Å². The van der Waals surface area contributed by atoms with E-state index in [-0.39, 0.29) is 0 Å². The average molecular weight is 277 g/mol. The molecule has 1 atom stereocenters. The Kier molecular flexibility index (Phi) is 5.44. The largest absolute Gasteiger partial charge is 0.491 e. The predicted molar refractivity (Wildman–Crippen MR) is 82.1 cm³/mol. The highest BCUT2D eigenvalue weighted by Gasteiger charge is 2.39. The molecule has 0 aromatic heterocycles. The van der Waals surface area contributed by atoms with Gasteiger partial charge in [-0.25, -0.2) is 0 Å². The van der Waals surface area contributed by atoms with Gasteiger partial charge in [0.2, 0.25) is 0 Å². The van der Waals surface area contributed by atoms with Gasteiger partial charge in [-0.15, -0.1) is 0 Å². The van der Waals surface area contributed by atoms with Crippen molar-refractivity contribution >= 4 is 0 Å². The minimum atomic E-state index is -0.450. The number of rotatable bonds is 9. The summed E-state index contributed by atoms with van der Waals surface area (Å²) in [6.45, 7) is 6.35. The fraction of sp³-hybridized carbons (Fsp3) is 0.647. The topological polar surface area (TPSA) is 41.5 Å². The molecule has 1 aromatic rings. The summed E-state index contributed by atoms with van der Waals surface area (Å²) in [5.74, 6) is 0.827. The highest BCUT2D eigenvalue weighted by atomic mass is 16.5. The molecule has 1 aliphatic carbocycles. The van der Waals surface area contributed by atoms with Gasteiger partial charge in [0.05, 0.1) is 0 Å². The number of aliphatic hydroxyl groups excluding tert-OH is 1. The highest BCUT2D eigenvalue weighted by Crippen LogP contribution is 2.47. The summed E-state index contributed by atoms with van der Waals surface area (Å²) in [5.41, 5.74) is 1.82. The lowest BCUT2D eigenvalue weighted by atomic mass is 10.0. The van der Waals surface area contributed by atoms with E-state index in [0.29, 0.717) is 18.6 Å². The number of hydrogen-bond donors (Lipinski definition) is 2. The Morgan fingerprint density at radius 1 is 1.25 bits per heavy atom. The molecule has 0 heterocycles. The first kappa shape index (κ1) is 15.3. The van der Waals surface area contributed by atoms with E-state index < -0.39 is 6.10 Å². The number of ether oxygens (including phenoxy) is 1. The maximum absolute atomic E-state index is 9.91. The maximum atomic E-state index is 9.91. The second-order valence-electron chi connectivity index (χ2n) is 5.95. The van der Waals surface area contributed by atoms with Crippen LogP contribution >= 0.6 is 0 Å². The first-order chi connectivity index (χ1) is 9.67. The summed E-state index contributed by atoms with van der Waals surface area (Å²) in [6, 6.07) is 8.07. The Labute approximate surface area is 122 Å². The normalized spacial score (nSPS) is 17.8. The van der Waals surface area contributed by atoms with Gasteiger partial charge < -0.3 is 15.2 Å². The number of aryl methyl sites for hydroxylation is 1. The Balaban J connectivity index is 1.62. The van der Waals surface area contributed by atoms with E-state index in [1.54, 1.807) is 0 Å². The van der Waals surface area contributed by atoms with Crippen molar-refractivity contribution in [2.24, 2.45) is 5.41 Å². The van der Waals surface area contributed by atoms with Crippen molar-refractivity contribution in [1.29, 1.82) is 0 Å². The van der Waals surface area contributed by atoms with Crippen LogP contribution < -0.4 is 10.1 Å². The molecule has 0 saturated heterocycles. The van der Waals surface area contributed by atoms with Crippen molar-refractivity contribution in [3.63, 3.8) is 0 Å². The van der Waals surface area contributed by atoms with Crippen LogP contribution in [0.15, 0.2) is 24.3 Å². The molecule has 0 radical (unpaired) electrons. The van der Waals surface area contributed by atoms with Crippen LogP contribution in [0.3, 0.4) is 0 Å². The molecule has 0 spiro atoms. The van der Waals surface area contributed by atoms with Crippen molar-refractivity contribution in [3.05, 3.63) is 29.8 Å². The summed E-state index contributed by atoms with van der Waals surface area (Å²) in [6.07, 6.45) is 4.47. The zero-order chi connectivity index (χ0) is 14.4. The van der Waals surface area contributed by atoms with Gasteiger partial charge in [0.25, 0.3) is 0 Å². The summed E-state index contributed by atoms with van der Waals surface area (Å²) in [7, 11) is 0. The number of nitrogens with one attached hydrogen (secondary N) is 1. The van der Waals surface area contributed by atoms with Crippen molar-refractivity contribution in [3.8, 4) is 5.75 Å². The Bertz CT molecular complexity index is 398. The van der Waals surface area contributed by atoms with Crippen molar-refractivity contribution in [2.45, 2.75) is 45.6 Å². The summed E-state index contributed by atoms with van der Waals surface area (Å²) >= 11 is 0. The van der Waals surface area contributed by atoms with Crippen LogP contribution in [-0.4, -0.2) is 30.9 Å². The van der Waals surface area contributed by atoms with Crippen molar-refractivity contribution in [1.82, 2.24) is 5.32 Å². The van der Waals surface area contributed by atoms with Crippen LogP contribution in [0.25, 0.3) is 0 Å². The van der Waals surface area contributed by atoms with Crippen LogP contribution in [0, 0.1) is 5.41 Å². The van der Waals surface area contributed by atoms with E-state index in [1.165, 1.54) is 24.8 Å². The lowest BCUT2D eigenvalue weighted by Gasteiger charge is -2.17. The molecule has 3 nitrogen and oxygen atoms in total. The molecule has 112 valence electrons. The van der Waals surface area contributed by atoms with Gasteiger partial charge in [0.15, 0.2) is 0 Å². The minimum absolute atomic E-state index is 0.345. The summed E-state index contributed by atoms with van der Waals surface area (Å²) < 4.78 is 5.60. The third-order valence-corrected chi connectivity index (χ3v) is 4.36. The first-order valence-electron chi connectivity index (χ1n) is 7.78. The molecule has 2 rings (SSSR count). The predicted octanol–water partition coefficient (Wildman–Crippen LogP) is 2.77. The van der Waals surface area contributed by atoms with Crippen LogP contribution in [0.4, 0.5) is 0 Å². The molecule has 1 aromatic carbocycles. The maximum Gasteiger partial charge on any atom is 0.119 e. The standard InChI is InChI=1S/C17H27NO2/c1-3-14-5-7-16(8-6-14)20-12-15(19)11-18-13-17(4-2)9-10-17/h5-8,15,18-19H,3-4,9-13H2,1-2H3. The first-order valence-corrected chi connectivity index (χ1v) is 7.78. The monoisotopic (exact) mass is 277 g/mol. The van der Waals surface area contributed by atoms with Gasteiger partial charge in [-0.3, -0.25) is 0 Å². The summed E-state index contributed by atoms with van der Waals surface area (Å²) in [5, 5.41) is 13.3. The Morgan fingerprint density at radius 2 is 1.95 bits per heavy atom.